The molecule has 0 nitrogen and oxygen atoms in total. The van der Waals surface area contributed by atoms with E-state index in [1.165, 1.54) is 0 Å². The molecule has 0 saturated heterocycles. The van der Waals surface area contributed by atoms with E-state index in [1.807, 2.05) is 16.2 Å². The number of rotatable bonds is 16. The zero-order valence-corrected chi connectivity index (χ0v) is 57.9. The SMILES string of the molecule is CC(C)[Si](c1cc2cc3[se]c([Si](C(C)C)(C(C)C)C(C)C)cc3cc2[se]1)(C(C)C)C(C)C.Cc1c2cc([Si](C(C)C)(C(C)C)C(C)C)[se]c2c(C)c2cc([Si](C(C)C)(C(C)C)C(C)C)[se]c12. The Morgan fingerprint density at radius 2 is 0.470 bits per heavy atom. The van der Waals surface area contributed by atoms with Gasteiger partial charge in [-0.3, -0.25) is 0 Å². The van der Waals surface area contributed by atoms with Crippen molar-refractivity contribution in [3.05, 3.63) is 47.5 Å². The first-order valence-corrected chi connectivity index (χ1v) is 42.2. The van der Waals surface area contributed by atoms with Gasteiger partial charge in [0.25, 0.3) is 0 Å². The summed E-state index contributed by atoms with van der Waals surface area (Å²) in [7, 11) is -6.18. The van der Waals surface area contributed by atoms with Crippen LogP contribution in [0.25, 0.3) is 38.6 Å². The van der Waals surface area contributed by atoms with Crippen molar-refractivity contribution in [1.82, 2.24) is 0 Å². The van der Waals surface area contributed by atoms with Crippen LogP contribution in [0.3, 0.4) is 0 Å². The average Bonchev–Trinajstić information content (AvgIpc) is 3.98. The Morgan fingerprint density at radius 1 is 0.273 bits per heavy atom. The molecule has 4 heterocycles. The van der Waals surface area contributed by atoms with Crippen molar-refractivity contribution < 1.29 is 0 Å². The first-order chi connectivity index (χ1) is 30.5. The van der Waals surface area contributed by atoms with Gasteiger partial charge in [-0.2, -0.15) is 0 Å². The maximum atomic E-state index is 2.75. The molecular formula is C58H96Se4Si4. The van der Waals surface area contributed by atoms with E-state index in [2.05, 4.69) is 216 Å². The quantitative estimate of drug-likeness (QED) is 0.0848. The topological polar surface area (TPSA) is 0 Å². The first kappa shape index (κ1) is 57.2. The minimum absolute atomic E-state index is 0.497. The Balaban J connectivity index is 0.000000248. The van der Waals surface area contributed by atoms with Crippen molar-refractivity contribution >= 4 is 145 Å². The number of benzene rings is 2. The van der Waals surface area contributed by atoms with Crippen LogP contribution >= 0.6 is 0 Å². The Hall–Kier alpha value is 0.345. The summed E-state index contributed by atoms with van der Waals surface area (Å²) in [5, 5.41) is 6.46. The van der Waals surface area contributed by atoms with Gasteiger partial charge < -0.3 is 0 Å². The molecule has 8 heteroatoms. The van der Waals surface area contributed by atoms with Crippen LogP contribution in [-0.4, -0.2) is 90.3 Å². The standard InChI is InChI=1S/C30H50Se2Si2.C28H46Se2Si2/c1-17(2)33(18(3)4,19(5)6)27-15-25-23(13)30-26(24(14)29(25)31-27)16-28(32-30)34(20(7)8,21(9)10)22(11)12;1-17(2)31(18(3)4,19(5)6)27-15-23-13-26-24(14-25(23)29-27)16-28(30-26)32(20(7)8,21(9)10)22(11)12/h15-22H,1-14H3;13-22H,1-12H3. The monoisotopic (exact) mass is 1220 g/mol. The van der Waals surface area contributed by atoms with Gasteiger partial charge in [-0.1, -0.05) is 0 Å². The second kappa shape index (κ2) is 21.4. The third-order valence-corrected chi connectivity index (χ3v) is 64.5. The molecule has 0 fully saturated rings. The summed E-state index contributed by atoms with van der Waals surface area (Å²) in [6, 6.07) is 16.1. The number of hydrogen-bond acceptors (Lipinski definition) is 0. The summed E-state index contributed by atoms with van der Waals surface area (Å²) in [6.45, 7) is 65.4. The van der Waals surface area contributed by atoms with Crippen LogP contribution in [0.2, 0.25) is 66.5 Å². The summed E-state index contributed by atoms with van der Waals surface area (Å²) < 4.78 is 14.4. The van der Waals surface area contributed by atoms with Gasteiger partial charge in [0.15, 0.2) is 0 Å². The van der Waals surface area contributed by atoms with E-state index in [9.17, 15) is 0 Å². The maximum absolute atomic E-state index is 2.75. The van der Waals surface area contributed by atoms with Crippen molar-refractivity contribution in [2.75, 3.05) is 0 Å². The molecule has 0 saturated carbocycles. The average molecular weight is 1220 g/mol. The molecule has 368 valence electrons. The molecule has 0 N–H and O–H groups in total. The molecular weight excluding hydrogens is 1120 g/mol. The van der Waals surface area contributed by atoms with E-state index in [-0.39, 0.29) is 0 Å². The van der Waals surface area contributed by atoms with Crippen LogP contribution < -0.4 is 16.2 Å². The zero-order chi connectivity index (χ0) is 50.1. The minimum atomic E-state index is -1.57. The number of hydrogen-bond donors (Lipinski definition) is 0. The van der Waals surface area contributed by atoms with Crippen LogP contribution in [0, 0.1) is 13.8 Å². The van der Waals surface area contributed by atoms with Crippen molar-refractivity contribution in [3.8, 4) is 0 Å². The van der Waals surface area contributed by atoms with E-state index < -0.39 is 32.3 Å². The fourth-order valence-corrected chi connectivity index (χ4v) is 73.2. The number of aryl methyl sites for hydroxylation is 2. The molecule has 2 aromatic carbocycles. The van der Waals surface area contributed by atoms with Crippen molar-refractivity contribution in [3.63, 3.8) is 0 Å². The molecule has 0 aliphatic rings. The van der Waals surface area contributed by atoms with Crippen molar-refractivity contribution in [1.29, 1.82) is 0 Å². The summed E-state index contributed by atoms with van der Waals surface area (Å²) >= 11 is 2.02. The number of fused-ring (bicyclic) bond motifs is 4. The third-order valence-electron chi connectivity index (χ3n) is 18.3. The van der Waals surface area contributed by atoms with Gasteiger partial charge in [0.2, 0.25) is 0 Å². The van der Waals surface area contributed by atoms with Crippen LogP contribution in [0.15, 0.2) is 36.4 Å². The second-order valence-corrected chi connectivity index (χ2v) is 60.4. The zero-order valence-electron chi connectivity index (χ0n) is 47.0. The fourth-order valence-electron chi connectivity index (χ4n) is 16.0. The van der Waals surface area contributed by atoms with Gasteiger partial charge >= 0.3 is 439 Å². The Morgan fingerprint density at radius 3 is 0.667 bits per heavy atom. The Labute approximate surface area is 435 Å². The van der Waals surface area contributed by atoms with E-state index in [4.69, 9.17) is 0 Å². The molecule has 0 radical (unpaired) electrons. The molecule has 0 spiro atoms. The normalized spacial score (nSPS) is 14.0. The molecule has 0 unspecified atom stereocenters. The van der Waals surface area contributed by atoms with Crippen molar-refractivity contribution in [2.45, 2.75) is 247 Å². The van der Waals surface area contributed by atoms with Gasteiger partial charge in [-0.25, -0.2) is 0 Å². The van der Waals surface area contributed by atoms with Crippen LogP contribution in [-0.2, 0) is 0 Å². The fraction of sp³-hybridized carbons (Fsp3) is 0.655. The molecule has 0 aliphatic heterocycles. The summed E-state index contributed by atoms with van der Waals surface area (Å²) in [4.78, 5) is 0. The van der Waals surface area contributed by atoms with Gasteiger partial charge in [0, 0.05) is 0 Å². The van der Waals surface area contributed by atoms with Crippen LogP contribution in [0.5, 0.6) is 0 Å². The van der Waals surface area contributed by atoms with E-state index in [0.717, 1.165) is 66.5 Å². The molecule has 0 aliphatic carbocycles. The second-order valence-electron chi connectivity index (χ2n) is 24.7. The first-order valence-electron chi connectivity index (χ1n) is 26.4. The Bertz CT molecular complexity index is 2220. The van der Waals surface area contributed by atoms with Crippen molar-refractivity contribution in [2.24, 2.45) is 0 Å². The van der Waals surface area contributed by atoms with Gasteiger partial charge in [0.1, 0.15) is 0 Å². The van der Waals surface area contributed by atoms with Gasteiger partial charge in [-0.15, -0.1) is 0 Å². The molecule has 4 aromatic heterocycles. The summed E-state index contributed by atoms with van der Waals surface area (Å²) in [6.07, 6.45) is 0. The van der Waals surface area contributed by atoms with E-state index in [1.54, 1.807) is 49.7 Å². The van der Waals surface area contributed by atoms with Gasteiger partial charge in [-0.05, 0) is 0 Å². The predicted octanol–water partition coefficient (Wildman–Crippen LogP) is 16.4. The summed E-state index contributed by atoms with van der Waals surface area (Å²) in [5.41, 5.74) is 12.9. The van der Waals surface area contributed by atoms with Gasteiger partial charge in [0.05, 0.1) is 0 Å². The molecule has 6 aromatic rings. The van der Waals surface area contributed by atoms with E-state index in [0.29, 0.717) is 58.0 Å². The summed E-state index contributed by atoms with van der Waals surface area (Å²) in [5.74, 6) is 0. The van der Waals surface area contributed by atoms with E-state index >= 15 is 0 Å². The molecule has 66 heavy (non-hydrogen) atoms. The molecule has 0 amide bonds. The Kier molecular flexibility index (Phi) is 18.6. The van der Waals surface area contributed by atoms with Crippen LogP contribution in [0.1, 0.15) is 177 Å². The molecule has 0 bridgehead atoms. The molecule has 6 rings (SSSR count). The molecule has 0 atom stereocenters. The predicted molar refractivity (Wildman–Crippen MR) is 323 cm³/mol. The van der Waals surface area contributed by atoms with Crippen LogP contribution in [0.4, 0.5) is 0 Å². The third kappa shape index (κ3) is 9.11.